The number of carboxylic acids is 1. The molecule has 55 heavy (non-hydrogen) atoms. The second-order valence-corrected chi connectivity index (χ2v) is 18.4. The van der Waals surface area contributed by atoms with Crippen molar-refractivity contribution in [3.63, 3.8) is 0 Å². The van der Waals surface area contributed by atoms with Gasteiger partial charge in [-0.2, -0.15) is 13.7 Å². The quantitative estimate of drug-likeness (QED) is 0.159. The number of carbonyl (C=O) groups is 2. The van der Waals surface area contributed by atoms with Gasteiger partial charge in [0.2, 0.25) is 20.0 Å². The Labute approximate surface area is 333 Å². The molecule has 8 N–H and O–H groups in total. The van der Waals surface area contributed by atoms with E-state index < -0.39 is 32.1 Å². The Bertz CT molecular complexity index is 2020. The minimum atomic E-state index is -3.70. The molecule has 0 aliphatic carbocycles. The van der Waals surface area contributed by atoms with E-state index in [1.54, 1.807) is 57.4 Å². The van der Waals surface area contributed by atoms with Crippen LogP contribution < -0.4 is 11.7 Å². The first kappa shape index (κ1) is 46.0. The lowest BCUT2D eigenvalue weighted by molar-refractivity contribution is -0.134. The molecule has 4 aliphatic heterocycles. The number of benzene rings is 2. The number of ketones is 1. The van der Waals surface area contributed by atoms with Gasteiger partial charge in [0.25, 0.3) is 5.97 Å². The maximum atomic E-state index is 13.3. The van der Waals surface area contributed by atoms with Gasteiger partial charge in [-0.15, -0.1) is 0 Å². The van der Waals surface area contributed by atoms with Crippen LogP contribution in [-0.2, 0) is 29.6 Å². The number of H-pyrrole nitrogens is 1. The molecule has 1 aromatic heterocycles. The van der Waals surface area contributed by atoms with Gasteiger partial charge < -0.3 is 15.5 Å². The molecule has 3 saturated heterocycles. The summed E-state index contributed by atoms with van der Waals surface area (Å²) in [5.41, 5.74) is 2.69. The smallest absolute Gasteiger partial charge is 0.300 e. The van der Waals surface area contributed by atoms with Crippen molar-refractivity contribution in [1.82, 2.24) is 23.7 Å². The molecule has 0 amide bonds. The molecular formula is C36H51Cl2N7O8S2. The summed E-state index contributed by atoms with van der Waals surface area (Å²) in [6.07, 6.45) is 8.61. The SMILES string of the molecule is CC(=O)O.CC1C(=O)/C(=C\N(C)C)C2CCCC1N2S(=O)(=O)c1ccc(Cl)cc1.CC1c2[nH]ncc2C2CCCC1N2S(=O)(=O)c1ccc(Cl)cc1.NN.O. The average molecular weight is 845 g/mol. The fourth-order valence-electron chi connectivity index (χ4n) is 7.84. The zero-order chi connectivity index (χ0) is 40.1. The number of nitrogens with two attached hydrogens (primary N) is 2. The van der Waals surface area contributed by atoms with E-state index in [0.29, 0.717) is 33.4 Å². The first-order valence-corrected chi connectivity index (χ1v) is 21.2. The Morgan fingerprint density at radius 3 is 1.71 bits per heavy atom. The highest BCUT2D eigenvalue weighted by Crippen LogP contribution is 2.49. The van der Waals surface area contributed by atoms with Crippen LogP contribution in [0.5, 0.6) is 0 Å². The van der Waals surface area contributed by atoms with E-state index in [0.717, 1.165) is 43.9 Å². The summed E-state index contributed by atoms with van der Waals surface area (Å²) in [4.78, 5) is 24.1. The highest BCUT2D eigenvalue weighted by atomic mass is 35.5. The van der Waals surface area contributed by atoms with Gasteiger partial charge in [0.1, 0.15) is 0 Å². The number of aromatic nitrogens is 2. The van der Waals surface area contributed by atoms with Gasteiger partial charge in [0.05, 0.1) is 28.1 Å². The van der Waals surface area contributed by atoms with Crippen molar-refractivity contribution in [3.8, 4) is 0 Å². The van der Waals surface area contributed by atoms with Crippen LogP contribution in [-0.4, -0.2) is 95.1 Å². The molecule has 6 unspecified atom stereocenters. The normalized spacial score (nSPS) is 25.3. The number of nitrogens with one attached hydrogen (secondary N) is 1. The minimum absolute atomic E-state index is 0. The van der Waals surface area contributed by atoms with Gasteiger partial charge in [-0.25, -0.2) is 16.8 Å². The van der Waals surface area contributed by atoms with Crippen LogP contribution in [0.15, 0.2) is 76.3 Å². The standard InChI is InChI=1S/C18H23ClN2O3S.C16H18ClN3O2S.C2H4O2.H4N2.H2O/c1-12-16-5-4-6-17(15(18(12)22)11-20(2)3)21(16)25(23,24)14-9-7-13(19)8-10-14;1-10-14-3-2-4-15(13-9-18-19-16(10)13)20(14)23(21,22)12-7-5-11(17)6-8-12;1-2(3)4;1-2;/h7-12,16-17H,4-6H2,1-3H3;5-10,14-15H,2-4H2,1H3,(H,18,19);1H3,(H,3,4);1-2H2;1H2/b15-11-;;;;. The Morgan fingerprint density at radius 1 is 0.836 bits per heavy atom. The fraction of sp³-hybridized carbons (Fsp3) is 0.472. The van der Waals surface area contributed by atoms with Gasteiger partial charge in [0, 0.05) is 78.0 Å². The number of aliphatic carboxylic acids is 1. The number of fused-ring (bicyclic) bond motifs is 6. The van der Waals surface area contributed by atoms with E-state index in [1.807, 2.05) is 25.9 Å². The largest absolute Gasteiger partial charge is 0.481 e. The number of aromatic amines is 1. The lowest BCUT2D eigenvalue weighted by atomic mass is 9.77. The highest BCUT2D eigenvalue weighted by Gasteiger charge is 2.51. The van der Waals surface area contributed by atoms with Crippen molar-refractivity contribution in [3.05, 3.63) is 87.8 Å². The van der Waals surface area contributed by atoms with Gasteiger partial charge in [-0.05, 0) is 87.1 Å². The number of Topliss-reactive ketones (excluding diaryl/α,β-unsaturated/α-hetero) is 1. The van der Waals surface area contributed by atoms with Gasteiger partial charge in [-0.3, -0.25) is 26.4 Å². The number of halogens is 2. The van der Waals surface area contributed by atoms with Crippen LogP contribution in [0.4, 0.5) is 0 Å². The molecule has 304 valence electrons. The maximum Gasteiger partial charge on any atom is 0.300 e. The molecular weight excluding hydrogens is 793 g/mol. The van der Waals surface area contributed by atoms with Gasteiger partial charge in [-0.1, -0.05) is 37.0 Å². The molecule has 7 rings (SSSR count). The molecule has 0 saturated carbocycles. The average Bonchev–Trinajstić information content (AvgIpc) is 3.63. The zero-order valence-corrected chi connectivity index (χ0v) is 34.5. The second-order valence-electron chi connectivity index (χ2n) is 13.9. The zero-order valence-electron chi connectivity index (χ0n) is 31.4. The third-order valence-corrected chi connectivity index (χ3v) is 14.5. The molecule has 4 aliphatic rings. The lowest BCUT2D eigenvalue weighted by Crippen LogP contribution is -2.59. The van der Waals surface area contributed by atoms with Crippen molar-refractivity contribution in [2.45, 2.75) is 99.2 Å². The van der Waals surface area contributed by atoms with Crippen molar-refractivity contribution in [2.75, 3.05) is 14.1 Å². The summed E-state index contributed by atoms with van der Waals surface area (Å²) in [5, 5.41) is 15.7. The second kappa shape index (κ2) is 19.2. The number of piperidine rings is 3. The monoisotopic (exact) mass is 843 g/mol. The summed E-state index contributed by atoms with van der Waals surface area (Å²) < 4.78 is 56.4. The van der Waals surface area contributed by atoms with Crippen molar-refractivity contribution < 1.29 is 37.0 Å². The molecule has 19 heteroatoms. The number of hydrogen-bond acceptors (Lipinski definition) is 10. The molecule has 3 fully saturated rings. The van der Waals surface area contributed by atoms with Crippen LogP contribution >= 0.6 is 23.2 Å². The number of carbonyl (C=O) groups excluding carboxylic acids is 1. The van der Waals surface area contributed by atoms with Crippen LogP contribution in [0.3, 0.4) is 0 Å². The number of hydrogen-bond donors (Lipinski definition) is 4. The van der Waals surface area contributed by atoms with E-state index >= 15 is 0 Å². The van der Waals surface area contributed by atoms with Crippen LogP contribution in [0, 0.1) is 5.92 Å². The Kier molecular flexibility index (Phi) is 16.0. The molecule has 4 bridgehead atoms. The van der Waals surface area contributed by atoms with Crippen LogP contribution in [0.25, 0.3) is 0 Å². The third-order valence-electron chi connectivity index (χ3n) is 10.1. The van der Waals surface area contributed by atoms with Crippen LogP contribution in [0.2, 0.25) is 10.0 Å². The number of rotatable bonds is 5. The summed E-state index contributed by atoms with van der Waals surface area (Å²) >= 11 is 11.8. The fourth-order valence-corrected chi connectivity index (χ4v) is 11.9. The van der Waals surface area contributed by atoms with Crippen molar-refractivity contribution in [1.29, 1.82) is 0 Å². The predicted octanol–water partition coefficient (Wildman–Crippen LogP) is 4.47. The summed E-state index contributed by atoms with van der Waals surface area (Å²) in [5.74, 6) is 7.00. The number of carboxylic acid groups (broad SMARTS) is 1. The van der Waals surface area contributed by atoms with Crippen molar-refractivity contribution in [2.24, 2.45) is 17.6 Å². The van der Waals surface area contributed by atoms with Crippen LogP contribution in [0.1, 0.15) is 82.5 Å². The molecule has 0 radical (unpaired) electrons. The lowest BCUT2D eigenvalue weighted by Gasteiger charge is -2.48. The van der Waals surface area contributed by atoms with E-state index in [1.165, 1.54) is 12.1 Å². The van der Waals surface area contributed by atoms with E-state index in [4.69, 9.17) is 33.1 Å². The Hall–Kier alpha value is -3.39. The summed E-state index contributed by atoms with van der Waals surface area (Å²) in [7, 11) is -3.57. The Balaban J connectivity index is 0.000000255. The highest BCUT2D eigenvalue weighted by molar-refractivity contribution is 7.89. The van der Waals surface area contributed by atoms with Gasteiger partial charge in [0.15, 0.2) is 5.78 Å². The van der Waals surface area contributed by atoms with Gasteiger partial charge >= 0.3 is 0 Å². The van der Waals surface area contributed by atoms with E-state index in [2.05, 4.69) is 28.8 Å². The predicted molar refractivity (Wildman–Crippen MR) is 211 cm³/mol. The van der Waals surface area contributed by atoms with Crippen molar-refractivity contribution >= 4 is 55.0 Å². The first-order chi connectivity index (χ1) is 25.5. The molecule has 6 atom stereocenters. The third kappa shape index (κ3) is 9.77. The molecule has 15 nitrogen and oxygen atoms in total. The Morgan fingerprint density at radius 2 is 1.25 bits per heavy atom. The topological polar surface area (TPSA) is 245 Å². The summed E-state index contributed by atoms with van der Waals surface area (Å²) in [6, 6.07) is 11.8. The maximum absolute atomic E-state index is 13.3. The minimum Gasteiger partial charge on any atom is -0.481 e. The van der Waals surface area contributed by atoms with E-state index in [9.17, 15) is 21.6 Å². The summed E-state index contributed by atoms with van der Waals surface area (Å²) in [6.45, 7) is 5.00. The van der Waals surface area contributed by atoms with E-state index in [-0.39, 0.29) is 46.1 Å². The molecule has 5 heterocycles. The molecule has 0 spiro atoms. The number of nitrogens with zero attached hydrogens (tertiary/aromatic N) is 4. The number of hydrazine groups is 1. The number of sulfonamides is 2. The molecule has 3 aromatic rings. The first-order valence-electron chi connectivity index (χ1n) is 17.5. The molecule has 2 aromatic carbocycles.